The Labute approximate surface area is 97.1 Å². The predicted molar refractivity (Wildman–Crippen MR) is 57.3 cm³/mol. The van der Waals surface area contributed by atoms with Crippen LogP contribution >= 0.6 is 0 Å². The van der Waals surface area contributed by atoms with E-state index in [2.05, 4.69) is 4.84 Å². The van der Waals surface area contributed by atoms with Gasteiger partial charge in [-0.1, -0.05) is 0 Å². The zero-order chi connectivity index (χ0) is 12.8. The van der Waals surface area contributed by atoms with E-state index in [1.807, 2.05) is 5.48 Å². The highest BCUT2D eigenvalue weighted by atomic mass is 16.7. The number of phenols is 1. The molecule has 7 heteroatoms. The zero-order valence-corrected chi connectivity index (χ0v) is 9.10. The number of carbonyl (C=O) groups excluding carboxylic acids is 2. The molecule has 0 atom stereocenters. The van der Waals surface area contributed by atoms with Crippen LogP contribution in [0.25, 0.3) is 0 Å². The lowest BCUT2D eigenvalue weighted by Crippen LogP contribution is -2.29. The molecule has 0 heterocycles. The van der Waals surface area contributed by atoms with Gasteiger partial charge in [0.25, 0.3) is 5.91 Å². The summed E-state index contributed by atoms with van der Waals surface area (Å²) in [6.45, 7) is -0.448. The van der Waals surface area contributed by atoms with Crippen molar-refractivity contribution in [1.82, 2.24) is 5.48 Å². The number of rotatable bonds is 5. The summed E-state index contributed by atoms with van der Waals surface area (Å²) in [5, 5.41) is 9.45. The number of carbonyl (C=O) groups is 2. The minimum Gasteiger partial charge on any atom is -0.507 e. The van der Waals surface area contributed by atoms with Gasteiger partial charge in [0.15, 0.2) is 6.61 Å². The summed E-state index contributed by atoms with van der Waals surface area (Å²) in [5.41, 5.74) is 6.74. The number of hydroxylamine groups is 1. The summed E-state index contributed by atoms with van der Waals surface area (Å²) in [5.74, 6) is -1.25. The topological polar surface area (TPSA) is 111 Å². The van der Waals surface area contributed by atoms with Gasteiger partial charge in [-0.3, -0.25) is 14.4 Å². The summed E-state index contributed by atoms with van der Waals surface area (Å²) in [7, 11) is 1.43. The SMILES string of the molecule is COc1ccc(O)c(C(=O)NOCC(N)=O)c1. The van der Waals surface area contributed by atoms with Crippen molar-refractivity contribution in [1.29, 1.82) is 0 Å². The van der Waals surface area contributed by atoms with Crippen LogP contribution in [0.15, 0.2) is 18.2 Å². The third kappa shape index (κ3) is 3.65. The van der Waals surface area contributed by atoms with Gasteiger partial charge in [0.2, 0.25) is 5.91 Å². The summed E-state index contributed by atoms with van der Waals surface area (Å²) >= 11 is 0. The molecule has 0 fully saturated rings. The van der Waals surface area contributed by atoms with Crippen molar-refractivity contribution in [3.63, 3.8) is 0 Å². The second kappa shape index (κ2) is 5.71. The first-order valence-electron chi connectivity index (χ1n) is 4.62. The highest BCUT2D eigenvalue weighted by molar-refractivity contribution is 5.96. The number of nitrogens with one attached hydrogen (secondary N) is 1. The van der Waals surface area contributed by atoms with Crippen LogP contribution in [0.2, 0.25) is 0 Å². The van der Waals surface area contributed by atoms with Gasteiger partial charge in [0, 0.05) is 0 Å². The van der Waals surface area contributed by atoms with Gasteiger partial charge in [-0.25, -0.2) is 5.48 Å². The Kier molecular flexibility index (Phi) is 4.29. The lowest BCUT2D eigenvalue weighted by atomic mass is 10.2. The maximum absolute atomic E-state index is 11.5. The van der Waals surface area contributed by atoms with Gasteiger partial charge >= 0.3 is 0 Å². The van der Waals surface area contributed by atoms with Gasteiger partial charge in [0.1, 0.15) is 11.5 Å². The highest BCUT2D eigenvalue weighted by Gasteiger charge is 2.12. The van der Waals surface area contributed by atoms with E-state index >= 15 is 0 Å². The number of hydrogen-bond donors (Lipinski definition) is 3. The van der Waals surface area contributed by atoms with Crippen molar-refractivity contribution in [2.75, 3.05) is 13.7 Å². The largest absolute Gasteiger partial charge is 0.507 e. The summed E-state index contributed by atoms with van der Waals surface area (Å²) in [4.78, 5) is 26.4. The molecular formula is C10H12N2O5. The Bertz CT molecular complexity index is 433. The number of methoxy groups -OCH3 is 1. The first-order chi connectivity index (χ1) is 8.04. The number of hydrogen-bond acceptors (Lipinski definition) is 5. The minimum absolute atomic E-state index is 0.0335. The molecular weight excluding hydrogens is 228 g/mol. The molecule has 0 saturated carbocycles. The maximum atomic E-state index is 11.5. The van der Waals surface area contributed by atoms with E-state index in [9.17, 15) is 14.7 Å². The van der Waals surface area contributed by atoms with E-state index < -0.39 is 18.4 Å². The van der Waals surface area contributed by atoms with E-state index in [0.29, 0.717) is 5.75 Å². The quantitative estimate of drug-likeness (QED) is 0.603. The summed E-state index contributed by atoms with van der Waals surface area (Å²) in [6, 6.07) is 4.14. The molecule has 1 aromatic rings. The monoisotopic (exact) mass is 240 g/mol. The molecule has 7 nitrogen and oxygen atoms in total. The minimum atomic E-state index is -0.722. The van der Waals surface area contributed by atoms with Crippen molar-refractivity contribution >= 4 is 11.8 Å². The van der Waals surface area contributed by atoms with Gasteiger partial charge in [-0.15, -0.1) is 0 Å². The molecule has 2 amide bonds. The fourth-order valence-electron chi connectivity index (χ4n) is 1.05. The molecule has 92 valence electrons. The van der Waals surface area contributed by atoms with E-state index in [0.717, 1.165) is 0 Å². The number of aromatic hydroxyl groups is 1. The Hall–Kier alpha value is -2.28. The standard InChI is InChI=1S/C10H12N2O5/c1-16-6-2-3-8(13)7(4-6)10(15)12-17-5-9(11)14/h2-4,13H,5H2,1H3,(H2,11,14)(H,12,15). The van der Waals surface area contributed by atoms with Crippen LogP contribution in [0.3, 0.4) is 0 Å². The first-order valence-corrected chi connectivity index (χ1v) is 4.62. The third-order valence-corrected chi connectivity index (χ3v) is 1.83. The van der Waals surface area contributed by atoms with Gasteiger partial charge in [0.05, 0.1) is 12.7 Å². The molecule has 0 aromatic heterocycles. The zero-order valence-electron chi connectivity index (χ0n) is 9.10. The number of primary amides is 1. The van der Waals surface area contributed by atoms with E-state index in [1.54, 1.807) is 0 Å². The molecule has 0 aliphatic carbocycles. The predicted octanol–water partition coefficient (Wildman–Crippen LogP) is -0.453. The van der Waals surface area contributed by atoms with Crippen molar-refractivity contribution in [3.8, 4) is 11.5 Å². The number of amides is 2. The fourth-order valence-corrected chi connectivity index (χ4v) is 1.05. The average molecular weight is 240 g/mol. The second-order valence-corrected chi connectivity index (χ2v) is 3.07. The van der Waals surface area contributed by atoms with Gasteiger partial charge < -0.3 is 15.6 Å². The van der Waals surface area contributed by atoms with Gasteiger partial charge in [-0.2, -0.15) is 0 Å². The van der Waals surface area contributed by atoms with E-state index in [1.165, 1.54) is 25.3 Å². The Balaban J connectivity index is 2.70. The number of phenolic OH excluding ortho intramolecular Hbond substituents is 1. The molecule has 0 aliphatic rings. The molecule has 17 heavy (non-hydrogen) atoms. The molecule has 0 unspecified atom stereocenters. The summed E-state index contributed by atoms with van der Waals surface area (Å²) in [6.07, 6.45) is 0. The molecule has 0 radical (unpaired) electrons. The van der Waals surface area contributed by atoms with Crippen LogP contribution in [-0.2, 0) is 9.63 Å². The van der Waals surface area contributed by atoms with Gasteiger partial charge in [-0.05, 0) is 18.2 Å². The van der Waals surface area contributed by atoms with Crippen LogP contribution in [0, 0.1) is 0 Å². The lowest BCUT2D eigenvalue weighted by molar-refractivity contribution is -0.124. The van der Waals surface area contributed by atoms with Crippen LogP contribution in [-0.4, -0.2) is 30.6 Å². The van der Waals surface area contributed by atoms with Crippen LogP contribution in [0.5, 0.6) is 11.5 Å². The van der Waals surface area contributed by atoms with E-state index in [-0.39, 0.29) is 11.3 Å². The average Bonchev–Trinajstić information content (AvgIpc) is 2.29. The molecule has 4 N–H and O–H groups in total. The summed E-state index contributed by atoms with van der Waals surface area (Å²) < 4.78 is 4.90. The van der Waals surface area contributed by atoms with Crippen LogP contribution < -0.4 is 16.0 Å². The van der Waals surface area contributed by atoms with E-state index in [4.69, 9.17) is 10.5 Å². The third-order valence-electron chi connectivity index (χ3n) is 1.83. The normalized spacial score (nSPS) is 9.71. The molecule has 1 aromatic carbocycles. The van der Waals surface area contributed by atoms with Crippen LogP contribution in [0.1, 0.15) is 10.4 Å². The van der Waals surface area contributed by atoms with Crippen molar-refractivity contribution in [2.24, 2.45) is 5.73 Å². The maximum Gasteiger partial charge on any atom is 0.278 e. The molecule has 0 bridgehead atoms. The Morgan fingerprint density at radius 3 is 2.76 bits per heavy atom. The second-order valence-electron chi connectivity index (χ2n) is 3.07. The lowest BCUT2D eigenvalue weighted by Gasteiger charge is -2.07. The first kappa shape index (κ1) is 12.8. The number of benzene rings is 1. The fraction of sp³-hybridized carbons (Fsp3) is 0.200. The molecule has 1 rings (SSSR count). The van der Waals surface area contributed by atoms with Crippen molar-refractivity contribution in [2.45, 2.75) is 0 Å². The highest BCUT2D eigenvalue weighted by Crippen LogP contribution is 2.22. The Morgan fingerprint density at radius 1 is 1.47 bits per heavy atom. The molecule has 0 spiro atoms. The van der Waals surface area contributed by atoms with Crippen molar-refractivity contribution < 1.29 is 24.3 Å². The Morgan fingerprint density at radius 2 is 2.18 bits per heavy atom. The van der Waals surface area contributed by atoms with Crippen molar-refractivity contribution in [3.05, 3.63) is 23.8 Å². The number of ether oxygens (including phenoxy) is 1. The molecule has 0 saturated heterocycles. The smallest absolute Gasteiger partial charge is 0.278 e. The van der Waals surface area contributed by atoms with Crippen LogP contribution in [0.4, 0.5) is 0 Å². The number of nitrogens with two attached hydrogens (primary N) is 1. The molecule has 0 aliphatic heterocycles.